The SMILES string of the molecule is CC(C)C(=O)Nc1ccc(CNC(=O)C2CCN(c3oc(-c4ccco4)nc3C#N)CC2)cc1. The summed E-state index contributed by atoms with van der Waals surface area (Å²) < 4.78 is 11.1. The maximum Gasteiger partial charge on any atom is 0.266 e. The summed E-state index contributed by atoms with van der Waals surface area (Å²) in [6, 6.07) is 13.0. The maximum absolute atomic E-state index is 12.7. The van der Waals surface area contributed by atoms with Crippen LogP contribution in [0.2, 0.25) is 0 Å². The molecule has 9 heteroatoms. The van der Waals surface area contributed by atoms with Crippen LogP contribution in [0.4, 0.5) is 11.6 Å². The second-order valence-corrected chi connectivity index (χ2v) is 8.58. The fourth-order valence-corrected chi connectivity index (χ4v) is 3.78. The van der Waals surface area contributed by atoms with E-state index in [-0.39, 0.29) is 35.2 Å². The summed E-state index contributed by atoms with van der Waals surface area (Å²) in [6.45, 7) is 5.28. The number of oxazole rings is 1. The summed E-state index contributed by atoms with van der Waals surface area (Å²) in [5, 5.41) is 15.3. The van der Waals surface area contributed by atoms with Crippen molar-refractivity contribution >= 4 is 23.4 Å². The lowest BCUT2D eigenvalue weighted by Crippen LogP contribution is -2.40. The van der Waals surface area contributed by atoms with Crippen LogP contribution in [0.3, 0.4) is 0 Å². The van der Waals surface area contributed by atoms with Gasteiger partial charge in [0.05, 0.1) is 6.26 Å². The fourth-order valence-electron chi connectivity index (χ4n) is 3.78. The number of rotatable bonds is 7. The number of nitrogens with zero attached hydrogens (tertiary/aromatic N) is 3. The minimum absolute atomic E-state index is 0.00573. The molecule has 1 saturated heterocycles. The van der Waals surface area contributed by atoms with Crippen molar-refractivity contribution in [1.29, 1.82) is 5.26 Å². The largest absolute Gasteiger partial charge is 0.459 e. The van der Waals surface area contributed by atoms with Crippen molar-refractivity contribution in [2.75, 3.05) is 23.3 Å². The van der Waals surface area contributed by atoms with Gasteiger partial charge in [-0.1, -0.05) is 26.0 Å². The summed E-state index contributed by atoms with van der Waals surface area (Å²) >= 11 is 0. The van der Waals surface area contributed by atoms with E-state index in [0.29, 0.717) is 44.1 Å². The first-order valence-electron chi connectivity index (χ1n) is 11.3. The van der Waals surface area contributed by atoms with E-state index in [0.717, 1.165) is 11.3 Å². The smallest absolute Gasteiger partial charge is 0.266 e. The average Bonchev–Trinajstić information content (AvgIpc) is 3.53. The minimum Gasteiger partial charge on any atom is -0.459 e. The third-order valence-electron chi connectivity index (χ3n) is 5.81. The van der Waals surface area contributed by atoms with Gasteiger partial charge in [-0.3, -0.25) is 9.59 Å². The first-order valence-corrected chi connectivity index (χ1v) is 11.3. The van der Waals surface area contributed by atoms with Gasteiger partial charge in [-0.15, -0.1) is 0 Å². The molecule has 0 radical (unpaired) electrons. The quantitative estimate of drug-likeness (QED) is 0.546. The van der Waals surface area contributed by atoms with E-state index in [1.54, 1.807) is 12.1 Å². The fraction of sp³-hybridized carbons (Fsp3) is 0.360. The molecule has 0 spiro atoms. The van der Waals surface area contributed by atoms with Gasteiger partial charge in [-0.2, -0.15) is 10.2 Å². The van der Waals surface area contributed by atoms with E-state index in [1.807, 2.05) is 43.0 Å². The molecule has 0 aliphatic carbocycles. The molecule has 0 unspecified atom stereocenters. The highest BCUT2D eigenvalue weighted by Crippen LogP contribution is 2.31. The van der Waals surface area contributed by atoms with E-state index in [1.165, 1.54) is 6.26 Å². The van der Waals surface area contributed by atoms with Gasteiger partial charge in [-0.05, 0) is 42.7 Å². The third kappa shape index (κ3) is 5.29. The highest BCUT2D eigenvalue weighted by atomic mass is 16.4. The molecule has 9 nitrogen and oxygen atoms in total. The number of aromatic nitrogens is 1. The monoisotopic (exact) mass is 461 g/mol. The van der Waals surface area contributed by atoms with Gasteiger partial charge < -0.3 is 24.4 Å². The molecule has 34 heavy (non-hydrogen) atoms. The molecule has 1 aromatic carbocycles. The Bertz CT molecular complexity index is 1170. The number of benzene rings is 1. The Balaban J connectivity index is 1.28. The Labute approximate surface area is 197 Å². The third-order valence-corrected chi connectivity index (χ3v) is 5.81. The number of furan rings is 1. The summed E-state index contributed by atoms with van der Waals surface area (Å²) in [7, 11) is 0. The molecular weight excluding hydrogens is 434 g/mol. The number of anilines is 2. The Kier molecular flexibility index (Phi) is 6.97. The Morgan fingerprint density at radius 2 is 1.94 bits per heavy atom. The number of carbonyl (C=O) groups excluding carboxylic acids is 2. The molecule has 4 rings (SSSR count). The van der Waals surface area contributed by atoms with Crippen molar-refractivity contribution in [2.45, 2.75) is 33.2 Å². The molecule has 2 N–H and O–H groups in total. The Morgan fingerprint density at radius 3 is 2.56 bits per heavy atom. The zero-order valence-corrected chi connectivity index (χ0v) is 19.2. The first kappa shape index (κ1) is 23.1. The van der Waals surface area contributed by atoms with Gasteiger partial charge in [0.1, 0.15) is 6.07 Å². The Morgan fingerprint density at radius 1 is 1.21 bits per heavy atom. The van der Waals surface area contributed by atoms with Crippen LogP contribution in [0.1, 0.15) is 37.9 Å². The molecule has 3 heterocycles. The van der Waals surface area contributed by atoms with Crippen LogP contribution < -0.4 is 15.5 Å². The van der Waals surface area contributed by atoms with Gasteiger partial charge in [-0.25, -0.2) is 0 Å². The van der Waals surface area contributed by atoms with Gasteiger partial charge in [0, 0.05) is 37.2 Å². The number of amides is 2. The molecule has 3 aromatic rings. The van der Waals surface area contributed by atoms with Crippen LogP contribution in [-0.2, 0) is 16.1 Å². The van der Waals surface area contributed by atoms with E-state index in [9.17, 15) is 14.9 Å². The zero-order valence-electron chi connectivity index (χ0n) is 19.2. The highest BCUT2D eigenvalue weighted by molar-refractivity contribution is 5.92. The van der Waals surface area contributed by atoms with Crippen molar-refractivity contribution in [3.8, 4) is 17.7 Å². The summed E-state index contributed by atoms with van der Waals surface area (Å²) in [5.41, 5.74) is 1.90. The molecule has 1 fully saturated rings. The molecule has 0 bridgehead atoms. The van der Waals surface area contributed by atoms with Crippen molar-refractivity contribution in [2.24, 2.45) is 11.8 Å². The van der Waals surface area contributed by atoms with Crippen LogP contribution in [0, 0.1) is 23.2 Å². The zero-order chi connectivity index (χ0) is 24.1. The predicted octanol–water partition coefficient (Wildman–Crippen LogP) is 3.93. The van der Waals surface area contributed by atoms with E-state index in [4.69, 9.17) is 8.83 Å². The lowest BCUT2D eigenvalue weighted by Gasteiger charge is -2.31. The summed E-state index contributed by atoms with van der Waals surface area (Å²) in [4.78, 5) is 30.7. The Hall–Kier alpha value is -4.06. The summed E-state index contributed by atoms with van der Waals surface area (Å²) in [5.74, 6) is 0.928. The second-order valence-electron chi connectivity index (χ2n) is 8.58. The second kappa shape index (κ2) is 10.3. The molecule has 1 aliphatic heterocycles. The molecule has 0 saturated carbocycles. The van der Waals surface area contributed by atoms with Crippen LogP contribution in [0.5, 0.6) is 0 Å². The van der Waals surface area contributed by atoms with E-state index < -0.39 is 0 Å². The number of hydrogen-bond donors (Lipinski definition) is 2. The van der Waals surface area contributed by atoms with Crippen molar-refractivity contribution < 1.29 is 18.4 Å². The molecular formula is C25H27N5O4. The van der Waals surface area contributed by atoms with Gasteiger partial charge >= 0.3 is 0 Å². The van der Waals surface area contributed by atoms with E-state index >= 15 is 0 Å². The van der Waals surface area contributed by atoms with Gasteiger partial charge in [0.15, 0.2) is 5.76 Å². The van der Waals surface area contributed by atoms with Gasteiger partial charge in [0.25, 0.3) is 5.89 Å². The standard InChI is InChI=1S/C25H27N5O4/c1-16(2)22(31)28-19-7-5-17(6-8-19)15-27-23(32)18-9-11-30(12-10-18)25-20(14-26)29-24(34-25)21-4-3-13-33-21/h3-8,13,16,18H,9-12,15H2,1-2H3,(H,27,32)(H,28,31). The van der Waals surface area contributed by atoms with Crippen LogP contribution >= 0.6 is 0 Å². The molecule has 2 amide bonds. The van der Waals surface area contributed by atoms with E-state index in [2.05, 4.69) is 21.7 Å². The van der Waals surface area contributed by atoms with Crippen LogP contribution in [0.25, 0.3) is 11.7 Å². The number of nitrogens with one attached hydrogen (secondary N) is 2. The number of carbonyl (C=O) groups is 2. The number of hydrogen-bond acceptors (Lipinski definition) is 7. The van der Waals surface area contributed by atoms with Crippen molar-refractivity contribution in [3.05, 3.63) is 53.9 Å². The normalized spacial score (nSPS) is 14.1. The molecule has 0 atom stereocenters. The number of nitriles is 1. The lowest BCUT2D eigenvalue weighted by molar-refractivity contribution is -0.125. The molecule has 2 aromatic heterocycles. The number of piperidine rings is 1. The first-order chi connectivity index (χ1) is 16.4. The van der Waals surface area contributed by atoms with Crippen LogP contribution in [0.15, 0.2) is 51.5 Å². The van der Waals surface area contributed by atoms with Gasteiger partial charge in [0.2, 0.25) is 23.4 Å². The molecule has 176 valence electrons. The van der Waals surface area contributed by atoms with Crippen LogP contribution in [-0.4, -0.2) is 29.9 Å². The summed E-state index contributed by atoms with van der Waals surface area (Å²) in [6.07, 6.45) is 2.82. The van der Waals surface area contributed by atoms with Crippen molar-refractivity contribution in [1.82, 2.24) is 10.3 Å². The predicted molar refractivity (Wildman–Crippen MR) is 126 cm³/mol. The van der Waals surface area contributed by atoms with Crippen molar-refractivity contribution in [3.63, 3.8) is 0 Å². The topological polar surface area (TPSA) is 124 Å². The lowest BCUT2D eigenvalue weighted by atomic mass is 9.96. The molecule has 1 aliphatic rings. The average molecular weight is 462 g/mol. The highest BCUT2D eigenvalue weighted by Gasteiger charge is 2.29. The maximum atomic E-state index is 12.7. The minimum atomic E-state index is -0.112.